The Morgan fingerprint density at radius 1 is 1.05 bits per heavy atom. The molecule has 0 amide bonds. The van der Waals surface area contributed by atoms with Gasteiger partial charge in [-0.1, -0.05) is 66.2 Å². The number of carbonyl (C=O) groups is 1. The Morgan fingerprint density at radius 3 is 2.25 bits per heavy atom. The minimum absolute atomic E-state index is 0.0998. The molecule has 0 aliphatic heterocycles. The van der Waals surface area contributed by atoms with Crippen molar-refractivity contribution >= 4 is 16.2 Å². The van der Waals surface area contributed by atoms with Gasteiger partial charge < -0.3 is 4.74 Å². The molecule has 0 spiro atoms. The third kappa shape index (κ3) is 6.42. The minimum atomic E-state index is -0.149. The third-order valence-corrected chi connectivity index (χ3v) is 6.22. The summed E-state index contributed by atoms with van der Waals surface area (Å²) in [6.07, 6.45) is 10.2. The maximum absolute atomic E-state index is 12.6. The highest BCUT2D eigenvalue weighted by molar-refractivity contribution is 6.27. The fourth-order valence-electron chi connectivity index (χ4n) is 3.17. The van der Waals surface area contributed by atoms with Gasteiger partial charge in [-0.25, -0.2) is 0 Å². The van der Waals surface area contributed by atoms with E-state index in [1.807, 2.05) is 0 Å². The molecule has 0 saturated carbocycles. The van der Waals surface area contributed by atoms with Crippen LogP contribution < -0.4 is 0 Å². The Bertz CT molecular complexity index is 255. The fourth-order valence-corrected chi connectivity index (χ4v) is 4.51. The molecule has 0 N–H and O–H groups in total. The molecular formula is C17H36O2Si. The van der Waals surface area contributed by atoms with E-state index in [4.69, 9.17) is 4.74 Å². The van der Waals surface area contributed by atoms with Crippen molar-refractivity contribution in [1.29, 1.82) is 0 Å². The zero-order chi connectivity index (χ0) is 15.4. The Balaban J connectivity index is 4.49. The van der Waals surface area contributed by atoms with Crippen LogP contribution in [0.3, 0.4) is 0 Å². The molecule has 0 heterocycles. The lowest BCUT2D eigenvalue weighted by atomic mass is 9.82. The lowest BCUT2D eigenvalue weighted by molar-refractivity contribution is -0.149. The van der Waals surface area contributed by atoms with Crippen LogP contribution in [-0.2, 0) is 9.53 Å². The second-order valence-corrected chi connectivity index (χ2v) is 8.04. The largest absolute Gasteiger partial charge is 0.466 e. The van der Waals surface area contributed by atoms with E-state index in [2.05, 4.69) is 27.7 Å². The molecule has 0 aromatic carbocycles. The van der Waals surface area contributed by atoms with E-state index in [9.17, 15) is 4.79 Å². The number of hydrogen-bond donors (Lipinski definition) is 0. The van der Waals surface area contributed by atoms with Crippen molar-refractivity contribution < 1.29 is 9.53 Å². The quantitative estimate of drug-likeness (QED) is 0.306. The molecular weight excluding hydrogens is 264 g/mol. The summed E-state index contributed by atoms with van der Waals surface area (Å²) < 4.78 is 5.63. The highest BCUT2D eigenvalue weighted by Crippen LogP contribution is 2.43. The molecule has 0 fully saturated rings. The van der Waals surface area contributed by atoms with Crippen LogP contribution in [0.1, 0.15) is 85.5 Å². The third-order valence-electron chi connectivity index (χ3n) is 4.50. The minimum Gasteiger partial charge on any atom is -0.466 e. The second kappa shape index (κ2) is 11.4. The summed E-state index contributed by atoms with van der Waals surface area (Å²) in [7, 11) is 0.914. The smallest absolute Gasteiger partial charge is 0.308 e. The first-order chi connectivity index (χ1) is 9.56. The maximum atomic E-state index is 12.6. The molecule has 2 atom stereocenters. The molecule has 0 bridgehead atoms. The average Bonchev–Trinajstić information content (AvgIpc) is 2.44. The summed E-state index contributed by atoms with van der Waals surface area (Å²) in [6.45, 7) is 9.44. The summed E-state index contributed by atoms with van der Waals surface area (Å²) in [6, 6.07) is 0. The Hall–Kier alpha value is -0.313. The molecule has 0 aromatic rings. The van der Waals surface area contributed by atoms with Crippen LogP contribution >= 0.6 is 0 Å². The highest BCUT2D eigenvalue weighted by Gasteiger charge is 2.40. The highest BCUT2D eigenvalue weighted by atomic mass is 28.1. The molecule has 0 aromatic heterocycles. The van der Waals surface area contributed by atoms with Crippen molar-refractivity contribution in [3.05, 3.63) is 0 Å². The number of rotatable bonds is 12. The summed E-state index contributed by atoms with van der Waals surface area (Å²) >= 11 is 0. The topological polar surface area (TPSA) is 26.3 Å². The van der Waals surface area contributed by atoms with Crippen molar-refractivity contribution in [2.75, 3.05) is 6.61 Å². The van der Waals surface area contributed by atoms with E-state index in [-0.39, 0.29) is 11.0 Å². The monoisotopic (exact) mass is 300 g/mol. The van der Waals surface area contributed by atoms with Crippen LogP contribution in [0.4, 0.5) is 0 Å². The normalized spacial score (nSPS) is 15.8. The zero-order valence-corrected chi connectivity index (χ0v) is 16.5. The number of ether oxygens (including phenoxy) is 1. The van der Waals surface area contributed by atoms with Gasteiger partial charge in [0.2, 0.25) is 0 Å². The van der Waals surface area contributed by atoms with E-state index in [1.165, 1.54) is 19.3 Å². The Labute approximate surface area is 129 Å². The number of unbranched alkanes of at least 4 members (excludes halogenated alkanes) is 3. The number of hydrogen-bond acceptors (Lipinski definition) is 2. The van der Waals surface area contributed by atoms with E-state index in [1.54, 1.807) is 0 Å². The first-order valence-corrected chi connectivity index (χ1v) is 9.73. The molecule has 3 heteroatoms. The fraction of sp³-hybridized carbons (Fsp3) is 0.941. The van der Waals surface area contributed by atoms with Gasteiger partial charge in [0, 0.05) is 10.2 Å². The van der Waals surface area contributed by atoms with Crippen LogP contribution in [0.5, 0.6) is 0 Å². The van der Waals surface area contributed by atoms with Gasteiger partial charge in [-0.3, -0.25) is 4.79 Å². The van der Waals surface area contributed by atoms with Crippen molar-refractivity contribution in [3.63, 3.8) is 0 Å². The molecule has 0 aliphatic carbocycles. The van der Waals surface area contributed by atoms with Gasteiger partial charge in [0.25, 0.3) is 0 Å². The molecule has 2 unspecified atom stereocenters. The molecule has 120 valence electrons. The molecule has 0 aliphatic rings. The van der Waals surface area contributed by atoms with Crippen molar-refractivity contribution in [1.82, 2.24) is 0 Å². The lowest BCUT2D eigenvalue weighted by Crippen LogP contribution is -2.34. The van der Waals surface area contributed by atoms with E-state index >= 15 is 0 Å². The molecule has 0 rings (SSSR count). The van der Waals surface area contributed by atoms with Crippen LogP contribution in [0.25, 0.3) is 0 Å². The van der Waals surface area contributed by atoms with Crippen molar-refractivity contribution in [2.45, 2.75) is 90.5 Å². The van der Waals surface area contributed by atoms with Crippen molar-refractivity contribution in [2.24, 2.45) is 5.92 Å². The molecule has 2 nitrogen and oxygen atoms in total. The molecule has 0 saturated heterocycles. The lowest BCUT2D eigenvalue weighted by Gasteiger charge is -2.35. The Morgan fingerprint density at radius 2 is 1.75 bits per heavy atom. The van der Waals surface area contributed by atoms with E-state index in [0.29, 0.717) is 12.5 Å². The van der Waals surface area contributed by atoms with Gasteiger partial charge in [0.1, 0.15) is 0 Å². The van der Waals surface area contributed by atoms with E-state index < -0.39 is 0 Å². The maximum Gasteiger partial charge on any atom is 0.308 e. The van der Waals surface area contributed by atoms with Gasteiger partial charge in [0.15, 0.2) is 0 Å². The molecule has 0 radical (unpaired) electrons. The van der Waals surface area contributed by atoms with Crippen LogP contribution in [0, 0.1) is 5.92 Å². The van der Waals surface area contributed by atoms with Gasteiger partial charge in [-0.2, -0.15) is 0 Å². The van der Waals surface area contributed by atoms with Gasteiger partial charge in [-0.15, -0.1) is 0 Å². The predicted molar refractivity (Wildman–Crippen MR) is 91.3 cm³/mol. The van der Waals surface area contributed by atoms with Crippen LogP contribution in [0.15, 0.2) is 0 Å². The van der Waals surface area contributed by atoms with E-state index in [0.717, 1.165) is 48.8 Å². The van der Waals surface area contributed by atoms with Gasteiger partial charge in [0.05, 0.1) is 11.6 Å². The zero-order valence-electron chi connectivity index (χ0n) is 14.5. The summed E-state index contributed by atoms with van der Waals surface area (Å²) in [4.78, 5) is 12.6. The Kier molecular flexibility index (Phi) is 11.2. The van der Waals surface area contributed by atoms with Crippen LogP contribution in [0.2, 0.25) is 5.04 Å². The summed E-state index contributed by atoms with van der Waals surface area (Å²) in [5.41, 5.74) is 0. The predicted octanol–water partition coefficient (Wildman–Crippen LogP) is 4.26. The summed E-state index contributed by atoms with van der Waals surface area (Å²) in [5.74, 6) is 0.616. The average molecular weight is 301 g/mol. The number of esters is 1. The second-order valence-electron chi connectivity index (χ2n) is 6.26. The number of carbonyl (C=O) groups excluding carboxylic acids is 1. The van der Waals surface area contributed by atoms with Crippen LogP contribution in [-0.4, -0.2) is 22.8 Å². The van der Waals surface area contributed by atoms with Gasteiger partial charge >= 0.3 is 5.97 Å². The molecule has 20 heavy (non-hydrogen) atoms. The van der Waals surface area contributed by atoms with Crippen molar-refractivity contribution in [3.8, 4) is 0 Å². The first-order valence-electron chi connectivity index (χ1n) is 8.73. The first kappa shape index (κ1) is 19.7. The standard InChI is InChI=1S/C17H36O2Si/c1-5-9-10-11-14-19-16(18)17(20,13-7-3)15(8-4)12-6-2/h15H,5-14H2,1-4,20H3. The SMILES string of the molecule is CCCCCCOC(=O)C([SiH3])(CCC)C(CC)CCC. The summed E-state index contributed by atoms with van der Waals surface area (Å²) in [5, 5.41) is -0.149. The van der Waals surface area contributed by atoms with Gasteiger partial charge in [-0.05, 0) is 25.2 Å².